The van der Waals surface area contributed by atoms with Crippen LogP contribution in [0, 0.1) is 0 Å². The van der Waals surface area contributed by atoms with E-state index in [2.05, 4.69) is 47.1 Å². The number of carbonyl (C=O) groups excluding carboxylic acids is 1. The van der Waals surface area contributed by atoms with Crippen LogP contribution in [0.4, 0.5) is 0 Å². The molecular formula is C12H20B8ClNO. The second-order valence-electron chi connectivity index (χ2n) is 8.04. The van der Waals surface area contributed by atoms with Crippen molar-refractivity contribution in [2.24, 2.45) is 5.73 Å². The molecule has 110 valence electrons. The van der Waals surface area contributed by atoms with Crippen molar-refractivity contribution in [3.05, 3.63) is 22.7 Å². The Morgan fingerprint density at radius 2 is 1.39 bits per heavy atom. The van der Waals surface area contributed by atoms with Crippen LogP contribution in [0.25, 0.3) is 0 Å². The fraction of sp³-hybridized carbons (Fsp3) is 0.250. The molecule has 0 radical (unpaired) electrons. The summed E-state index contributed by atoms with van der Waals surface area (Å²) in [6, 6.07) is 0. The first-order valence-electron chi connectivity index (χ1n) is 8.09. The first kappa shape index (κ1) is 18.7. The lowest BCUT2D eigenvalue weighted by Crippen LogP contribution is -2.65. The van der Waals surface area contributed by atoms with Gasteiger partial charge in [-0.3, -0.25) is 4.79 Å². The van der Waals surface area contributed by atoms with Gasteiger partial charge in [0.15, 0.2) is 5.78 Å². The number of benzene rings is 1. The molecule has 23 heavy (non-hydrogen) atoms. The minimum Gasteiger partial charge on any atom is -0.316 e. The van der Waals surface area contributed by atoms with E-state index in [0.717, 1.165) is 27.4 Å². The predicted molar refractivity (Wildman–Crippen MR) is 124 cm³/mol. The van der Waals surface area contributed by atoms with Crippen LogP contribution in [-0.4, -0.2) is 68.6 Å². The molecule has 0 amide bonds. The van der Waals surface area contributed by atoms with E-state index in [1.54, 1.807) is 6.08 Å². The highest BCUT2D eigenvalue weighted by Crippen LogP contribution is 2.57. The van der Waals surface area contributed by atoms with Crippen molar-refractivity contribution in [1.82, 2.24) is 0 Å². The molecular weight excluding hydrogens is 296 g/mol. The number of halogens is 1. The summed E-state index contributed by atoms with van der Waals surface area (Å²) < 4.78 is 0. The number of carbonyl (C=O) groups is 1. The summed E-state index contributed by atoms with van der Waals surface area (Å²) in [5.41, 5.74) is 10.9. The van der Waals surface area contributed by atoms with Crippen molar-refractivity contribution < 1.29 is 4.79 Å². The number of ketones is 1. The second kappa shape index (κ2) is 5.46. The van der Waals surface area contributed by atoms with E-state index in [1.165, 1.54) is 0 Å². The van der Waals surface area contributed by atoms with E-state index in [1.807, 2.05) is 21.8 Å². The highest BCUT2D eigenvalue weighted by molar-refractivity contribution is 6.66. The van der Waals surface area contributed by atoms with Gasteiger partial charge in [-0.05, 0) is 11.6 Å². The Morgan fingerprint density at radius 3 is 1.91 bits per heavy atom. The first-order chi connectivity index (χ1) is 10.3. The molecule has 1 aliphatic rings. The van der Waals surface area contributed by atoms with Gasteiger partial charge in [0, 0.05) is 5.02 Å². The molecule has 0 heterocycles. The Morgan fingerprint density at radius 1 is 0.913 bits per heavy atom. The number of allylic oxidation sites excluding steroid dienone is 1. The molecule has 0 saturated carbocycles. The third-order valence-corrected chi connectivity index (χ3v) is 7.11. The molecule has 2 rings (SSSR count). The quantitative estimate of drug-likeness (QED) is 0.523. The van der Waals surface area contributed by atoms with Crippen LogP contribution in [0.5, 0.6) is 0 Å². The van der Waals surface area contributed by atoms with E-state index < -0.39 is 10.8 Å². The van der Waals surface area contributed by atoms with Crippen LogP contribution in [0.15, 0.2) is 12.2 Å². The number of rotatable bonds is 1. The van der Waals surface area contributed by atoms with E-state index in [-0.39, 0.29) is 11.0 Å². The fourth-order valence-electron chi connectivity index (χ4n) is 3.61. The van der Waals surface area contributed by atoms with E-state index in [9.17, 15) is 4.79 Å². The lowest BCUT2D eigenvalue weighted by Gasteiger charge is -2.55. The Hall–Kier alpha value is -0.601. The maximum absolute atomic E-state index is 13.0. The highest BCUT2D eigenvalue weighted by Gasteiger charge is 2.57. The molecule has 0 spiro atoms. The molecule has 1 aromatic carbocycles. The van der Waals surface area contributed by atoms with Crippen LogP contribution in [-0.2, 0) is 10.3 Å². The summed E-state index contributed by atoms with van der Waals surface area (Å²) >= 11 is 6.73. The minimum absolute atomic E-state index is 0.0746. The average molecular weight is 316 g/mol. The van der Waals surface area contributed by atoms with Crippen molar-refractivity contribution in [3.8, 4) is 0 Å². The lowest BCUT2D eigenvalue weighted by atomic mass is 9.23. The van der Waals surface area contributed by atoms with Crippen molar-refractivity contribution in [1.29, 1.82) is 0 Å². The number of hydrogen-bond acceptors (Lipinski definition) is 2. The zero-order valence-corrected chi connectivity index (χ0v) is 16.3. The summed E-state index contributed by atoms with van der Waals surface area (Å²) in [6.07, 6.45) is 3.60. The summed E-state index contributed by atoms with van der Waals surface area (Å²) in [7, 11) is 16.5. The Balaban J connectivity index is 2.95. The van der Waals surface area contributed by atoms with Gasteiger partial charge in [0.1, 0.15) is 62.8 Å². The molecule has 1 atom stereocenters. The molecule has 0 aromatic heterocycles. The molecule has 2 nitrogen and oxygen atoms in total. The first-order valence-corrected chi connectivity index (χ1v) is 8.47. The fourth-order valence-corrected chi connectivity index (χ4v) is 4.04. The molecule has 0 saturated heterocycles. The zero-order chi connectivity index (χ0) is 18.0. The molecule has 2 N–H and O–H groups in total. The summed E-state index contributed by atoms with van der Waals surface area (Å²) in [6.45, 7) is 0. The maximum atomic E-state index is 13.0. The van der Waals surface area contributed by atoms with Crippen LogP contribution in [0.1, 0.15) is 5.56 Å². The minimum atomic E-state index is -1.14. The lowest BCUT2D eigenvalue weighted by molar-refractivity contribution is -0.120. The Bertz CT molecular complexity index is 718. The second-order valence-corrected chi connectivity index (χ2v) is 8.42. The highest BCUT2D eigenvalue weighted by atomic mass is 35.5. The smallest absolute Gasteiger partial charge is 0.178 e. The van der Waals surface area contributed by atoms with Crippen molar-refractivity contribution in [3.63, 3.8) is 0 Å². The van der Waals surface area contributed by atoms with Gasteiger partial charge in [0.25, 0.3) is 0 Å². The van der Waals surface area contributed by atoms with Gasteiger partial charge in [-0.1, -0.05) is 39.0 Å². The normalized spacial score (nSPS) is 25.4. The molecule has 1 unspecified atom stereocenters. The molecule has 1 aliphatic carbocycles. The van der Waals surface area contributed by atoms with Crippen molar-refractivity contribution in [2.75, 3.05) is 0 Å². The SMILES string of the molecule is Bc1c(B)c(B)c(C2(N)C(=O)C=CC(B)(B)C2(B)B)c(Cl)c1B. The third-order valence-electron chi connectivity index (χ3n) is 6.64. The monoisotopic (exact) mass is 317 g/mol. The van der Waals surface area contributed by atoms with Gasteiger partial charge in [-0.25, -0.2) is 0 Å². The predicted octanol–water partition coefficient (Wildman–Crippen LogP) is -8.57. The summed E-state index contributed by atoms with van der Waals surface area (Å²) in [5.74, 6) is -0.0746. The molecule has 11 heteroatoms. The molecule has 0 bridgehead atoms. The van der Waals surface area contributed by atoms with Gasteiger partial charge in [-0.2, -0.15) is 0 Å². The van der Waals surface area contributed by atoms with Crippen LogP contribution >= 0.6 is 11.6 Å². The van der Waals surface area contributed by atoms with Crippen LogP contribution in [0.3, 0.4) is 0 Å². The molecule has 1 aromatic rings. The largest absolute Gasteiger partial charge is 0.316 e. The van der Waals surface area contributed by atoms with Crippen molar-refractivity contribution in [2.45, 2.75) is 16.0 Å². The van der Waals surface area contributed by atoms with E-state index in [4.69, 9.17) is 17.3 Å². The topological polar surface area (TPSA) is 43.1 Å². The van der Waals surface area contributed by atoms with Gasteiger partial charge in [0.2, 0.25) is 0 Å². The number of hydrogen-bond donors (Lipinski definition) is 1. The van der Waals surface area contributed by atoms with E-state index in [0.29, 0.717) is 5.02 Å². The Kier molecular flexibility index (Phi) is 4.44. The van der Waals surface area contributed by atoms with E-state index >= 15 is 0 Å². The van der Waals surface area contributed by atoms with Crippen LogP contribution < -0.4 is 27.6 Å². The average Bonchev–Trinajstić information content (AvgIpc) is 2.46. The molecule has 0 aliphatic heterocycles. The standard InChI is InChI=1S/C12H20B8ClNO/c13-5-4(9(21)8(16)7(15)6(5)14)11(22)3(23)1-2-10(17,18)12(11,19)20/h1-2H,13-20,22H2. The van der Waals surface area contributed by atoms with Gasteiger partial charge in [0.05, 0.1) is 5.54 Å². The number of nitrogens with two attached hydrogens (primary N) is 1. The molecule has 0 fully saturated rings. The Labute approximate surface area is 151 Å². The van der Waals surface area contributed by atoms with Gasteiger partial charge < -0.3 is 5.73 Å². The third kappa shape index (κ3) is 2.28. The maximum Gasteiger partial charge on any atom is 0.178 e. The van der Waals surface area contributed by atoms with Crippen LogP contribution in [0.2, 0.25) is 15.5 Å². The zero-order valence-electron chi connectivity index (χ0n) is 15.5. The summed E-state index contributed by atoms with van der Waals surface area (Å²) in [5, 5.41) is -0.0763. The van der Waals surface area contributed by atoms with Gasteiger partial charge >= 0.3 is 0 Å². The van der Waals surface area contributed by atoms with Gasteiger partial charge in [-0.15, -0.1) is 10.9 Å². The summed E-state index contributed by atoms with van der Waals surface area (Å²) in [4.78, 5) is 13.0. The van der Waals surface area contributed by atoms with Crippen molar-refractivity contribution >= 4 is 102 Å².